The Morgan fingerprint density at radius 3 is 2.55 bits per heavy atom. The lowest BCUT2D eigenvalue weighted by Crippen LogP contribution is -2.39. The van der Waals surface area contributed by atoms with Gasteiger partial charge in [-0.3, -0.25) is 0 Å². The van der Waals surface area contributed by atoms with E-state index in [0.29, 0.717) is 11.8 Å². The van der Waals surface area contributed by atoms with E-state index in [1.165, 1.54) is 25.7 Å². The maximum atomic E-state index is 11.6. The second-order valence-corrected chi connectivity index (χ2v) is 9.25. The molecule has 2 aliphatic carbocycles. The molecule has 2 fully saturated rings. The summed E-state index contributed by atoms with van der Waals surface area (Å²) in [5.41, 5.74) is 0. The highest BCUT2D eigenvalue weighted by atomic mass is 32.2. The summed E-state index contributed by atoms with van der Waals surface area (Å²) in [7, 11) is -2.80. The number of hydrogen-bond acceptors (Lipinski definition) is 3. The summed E-state index contributed by atoms with van der Waals surface area (Å²) in [6.45, 7) is 5.02. The smallest absolute Gasteiger partial charge is 0.150 e. The highest BCUT2D eigenvalue weighted by Crippen LogP contribution is 2.50. The van der Waals surface area contributed by atoms with Gasteiger partial charge in [-0.05, 0) is 62.8 Å². The summed E-state index contributed by atoms with van der Waals surface area (Å²) in [6.07, 6.45) is 8.68. The van der Waals surface area contributed by atoms with Crippen LogP contribution in [0.25, 0.3) is 0 Å². The maximum absolute atomic E-state index is 11.6. The normalized spacial score (nSPS) is 30.8. The highest BCUT2D eigenvalue weighted by Gasteiger charge is 2.42. The molecule has 3 nitrogen and oxygen atoms in total. The topological polar surface area (TPSA) is 46.2 Å². The third-order valence-corrected chi connectivity index (χ3v) is 7.17. The molecular weight excluding hydrogens is 270 g/mol. The Morgan fingerprint density at radius 1 is 1.20 bits per heavy atom. The first-order valence-electron chi connectivity index (χ1n) is 8.49. The summed E-state index contributed by atoms with van der Waals surface area (Å²) >= 11 is 0. The molecule has 2 saturated carbocycles. The summed E-state index contributed by atoms with van der Waals surface area (Å²) in [4.78, 5) is 0. The number of sulfone groups is 1. The van der Waals surface area contributed by atoms with Crippen molar-refractivity contribution in [1.82, 2.24) is 5.32 Å². The van der Waals surface area contributed by atoms with E-state index in [1.54, 1.807) is 6.92 Å². The van der Waals surface area contributed by atoms with Crippen LogP contribution in [0.2, 0.25) is 0 Å². The number of rotatable bonds is 9. The van der Waals surface area contributed by atoms with Crippen LogP contribution in [0, 0.1) is 17.8 Å². The lowest BCUT2D eigenvalue weighted by Gasteiger charge is -2.31. The van der Waals surface area contributed by atoms with Gasteiger partial charge in [-0.15, -0.1) is 0 Å². The Balaban J connectivity index is 1.84. The predicted octanol–water partition coefficient (Wildman–Crippen LogP) is 3.01. The van der Waals surface area contributed by atoms with Gasteiger partial charge in [-0.1, -0.05) is 20.3 Å². The van der Waals surface area contributed by atoms with Gasteiger partial charge in [0.2, 0.25) is 0 Å². The predicted molar refractivity (Wildman–Crippen MR) is 84.6 cm³/mol. The SMILES string of the molecule is CCCNC(CCCS(=O)(=O)CC)C1CC2CCC1C2. The molecule has 0 spiro atoms. The molecule has 0 saturated heterocycles. The Morgan fingerprint density at radius 2 is 2.00 bits per heavy atom. The van der Waals surface area contributed by atoms with E-state index >= 15 is 0 Å². The minimum atomic E-state index is -2.80. The Bertz CT molecular complexity index is 393. The number of nitrogens with one attached hydrogen (secondary N) is 1. The van der Waals surface area contributed by atoms with Crippen molar-refractivity contribution in [3.63, 3.8) is 0 Å². The third-order valence-electron chi connectivity index (χ3n) is 5.38. The quantitative estimate of drug-likeness (QED) is 0.712. The second-order valence-electron chi connectivity index (χ2n) is 6.78. The molecule has 0 heterocycles. The van der Waals surface area contributed by atoms with Crippen LogP contribution in [0.3, 0.4) is 0 Å². The van der Waals surface area contributed by atoms with Crippen LogP contribution in [0.1, 0.15) is 58.8 Å². The lowest BCUT2D eigenvalue weighted by molar-refractivity contribution is 0.238. The van der Waals surface area contributed by atoms with Crippen molar-refractivity contribution >= 4 is 9.84 Å². The second kappa shape index (κ2) is 7.26. The summed E-state index contributed by atoms with van der Waals surface area (Å²) < 4.78 is 23.2. The van der Waals surface area contributed by atoms with Gasteiger partial charge in [0.15, 0.2) is 0 Å². The molecule has 4 atom stereocenters. The fourth-order valence-electron chi connectivity index (χ4n) is 4.25. The van der Waals surface area contributed by atoms with Gasteiger partial charge in [-0.2, -0.15) is 0 Å². The molecule has 2 aliphatic rings. The van der Waals surface area contributed by atoms with Crippen LogP contribution in [0.15, 0.2) is 0 Å². The van der Waals surface area contributed by atoms with Crippen molar-refractivity contribution in [1.29, 1.82) is 0 Å². The van der Waals surface area contributed by atoms with Crippen molar-refractivity contribution in [2.24, 2.45) is 17.8 Å². The Kier molecular flexibility index (Phi) is 5.91. The summed E-state index contributed by atoms with van der Waals surface area (Å²) in [5, 5.41) is 3.71. The van der Waals surface area contributed by atoms with Crippen LogP contribution >= 0.6 is 0 Å². The molecule has 0 radical (unpaired) electrons. The lowest BCUT2D eigenvalue weighted by atomic mass is 9.81. The molecule has 0 aromatic heterocycles. The van der Waals surface area contributed by atoms with Gasteiger partial charge in [0, 0.05) is 11.8 Å². The Hall–Kier alpha value is -0.0900. The van der Waals surface area contributed by atoms with Gasteiger partial charge in [0.05, 0.1) is 5.75 Å². The van der Waals surface area contributed by atoms with E-state index in [1.807, 2.05) is 0 Å². The Labute approximate surface area is 124 Å². The molecule has 20 heavy (non-hydrogen) atoms. The van der Waals surface area contributed by atoms with Crippen molar-refractivity contribution in [3.05, 3.63) is 0 Å². The monoisotopic (exact) mass is 301 g/mol. The van der Waals surface area contributed by atoms with Crippen LogP contribution in [-0.2, 0) is 9.84 Å². The van der Waals surface area contributed by atoms with Crippen molar-refractivity contribution in [3.8, 4) is 0 Å². The molecule has 4 heteroatoms. The highest BCUT2D eigenvalue weighted by molar-refractivity contribution is 7.91. The largest absolute Gasteiger partial charge is 0.314 e. The molecule has 118 valence electrons. The van der Waals surface area contributed by atoms with Crippen molar-refractivity contribution < 1.29 is 8.42 Å². The first-order chi connectivity index (χ1) is 9.55. The van der Waals surface area contributed by atoms with Crippen LogP contribution in [0.5, 0.6) is 0 Å². The maximum Gasteiger partial charge on any atom is 0.150 e. The molecule has 4 unspecified atom stereocenters. The molecule has 1 N–H and O–H groups in total. The average molecular weight is 301 g/mol. The molecule has 0 amide bonds. The van der Waals surface area contributed by atoms with Gasteiger partial charge in [0.25, 0.3) is 0 Å². The average Bonchev–Trinajstić information content (AvgIpc) is 3.05. The van der Waals surface area contributed by atoms with E-state index < -0.39 is 9.84 Å². The van der Waals surface area contributed by atoms with Gasteiger partial charge >= 0.3 is 0 Å². The molecule has 0 aliphatic heterocycles. The van der Waals surface area contributed by atoms with Gasteiger partial charge < -0.3 is 5.32 Å². The number of hydrogen-bond donors (Lipinski definition) is 1. The minimum Gasteiger partial charge on any atom is -0.314 e. The molecular formula is C16H31NO2S. The molecule has 2 rings (SSSR count). The first-order valence-corrected chi connectivity index (χ1v) is 10.3. The van der Waals surface area contributed by atoms with Gasteiger partial charge in [0.1, 0.15) is 9.84 Å². The van der Waals surface area contributed by atoms with E-state index in [4.69, 9.17) is 0 Å². The molecule has 0 aromatic carbocycles. The van der Waals surface area contributed by atoms with Crippen LogP contribution in [0.4, 0.5) is 0 Å². The van der Waals surface area contributed by atoms with Crippen LogP contribution in [-0.4, -0.2) is 32.5 Å². The van der Waals surface area contributed by atoms with Gasteiger partial charge in [-0.25, -0.2) is 8.42 Å². The van der Waals surface area contributed by atoms with Crippen molar-refractivity contribution in [2.75, 3.05) is 18.1 Å². The zero-order valence-electron chi connectivity index (χ0n) is 13.1. The first kappa shape index (κ1) is 16.3. The molecule has 0 aromatic rings. The summed E-state index contributed by atoms with van der Waals surface area (Å²) in [5.74, 6) is 3.35. The van der Waals surface area contributed by atoms with Crippen molar-refractivity contribution in [2.45, 2.75) is 64.8 Å². The van der Waals surface area contributed by atoms with E-state index in [9.17, 15) is 8.42 Å². The zero-order chi connectivity index (χ0) is 14.6. The van der Waals surface area contributed by atoms with E-state index in [-0.39, 0.29) is 5.75 Å². The fraction of sp³-hybridized carbons (Fsp3) is 1.00. The van der Waals surface area contributed by atoms with E-state index in [2.05, 4.69) is 12.2 Å². The zero-order valence-corrected chi connectivity index (χ0v) is 13.9. The van der Waals surface area contributed by atoms with Crippen LogP contribution < -0.4 is 5.32 Å². The molecule has 2 bridgehead atoms. The summed E-state index contributed by atoms with van der Waals surface area (Å²) in [6, 6.07) is 0.553. The van der Waals surface area contributed by atoms with E-state index in [0.717, 1.165) is 43.6 Å². The fourth-order valence-corrected chi connectivity index (χ4v) is 5.15. The third kappa shape index (κ3) is 4.20. The standard InChI is InChI=1S/C16H31NO2S/c1-3-9-17-16(6-5-10-20(18,19)4-2)15-12-13-7-8-14(15)11-13/h13-17H,3-12H2,1-2H3. The number of fused-ring (bicyclic) bond motifs is 2. The minimum absolute atomic E-state index is 0.286.